The highest BCUT2D eigenvalue weighted by atomic mass is 16.5. The van der Waals surface area contributed by atoms with Crippen molar-refractivity contribution in [3.8, 4) is 11.5 Å². The van der Waals surface area contributed by atoms with Crippen molar-refractivity contribution in [2.45, 2.75) is 32.2 Å². The minimum Gasteiger partial charge on any atom is -0.536 e. The summed E-state index contributed by atoms with van der Waals surface area (Å²) in [5, 5.41) is 11.8. The Kier molecular flexibility index (Phi) is 5.10. The van der Waals surface area contributed by atoms with Gasteiger partial charge in [0.1, 0.15) is 17.6 Å². The summed E-state index contributed by atoms with van der Waals surface area (Å²) in [6, 6.07) is 4.08. The monoisotopic (exact) mass is 317 g/mol. The number of benzene rings is 1. The summed E-state index contributed by atoms with van der Waals surface area (Å²) in [5.74, 6) is 1.67. The maximum Gasteiger partial charge on any atom is 0.522 e. The van der Waals surface area contributed by atoms with Crippen LogP contribution in [0.1, 0.15) is 18.1 Å². The van der Waals surface area contributed by atoms with Crippen LogP contribution in [0.4, 0.5) is 0 Å². The van der Waals surface area contributed by atoms with Crippen molar-refractivity contribution in [2.24, 2.45) is 5.73 Å². The summed E-state index contributed by atoms with van der Waals surface area (Å²) in [4.78, 5) is 0. The Labute approximate surface area is 137 Å². The Morgan fingerprint density at radius 2 is 2.35 bits per heavy atom. The van der Waals surface area contributed by atoms with Crippen LogP contribution >= 0.6 is 0 Å². The lowest BCUT2D eigenvalue weighted by Crippen LogP contribution is -2.58. The zero-order valence-electron chi connectivity index (χ0n) is 13.5. The Morgan fingerprint density at radius 1 is 1.52 bits per heavy atom. The fraction of sp³-hybridized carbons (Fsp3) is 0.500. The second-order valence-corrected chi connectivity index (χ2v) is 5.91. The van der Waals surface area contributed by atoms with Crippen LogP contribution in [0.15, 0.2) is 24.4 Å². The molecular weight excluding hydrogens is 293 g/mol. The van der Waals surface area contributed by atoms with Gasteiger partial charge in [0.05, 0.1) is 13.1 Å². The van der Waals surface area contributed by atoms with E-state index in [-0.39, 0.29) is 6.10 Å². The Morgan fingerprint density at radius 3 is 3.09 bits per heavy atom. The number of nitrogens with zero attached hydrogens (tertiary/aromatic N) is 1. The largest absolute Gasteiger partial charge is 0.536 e. The normalized spacial score (nSPS) is 18.5. The fourth-order valence-electron chi connectivity index (χ4n) is 2.94. The molecule has 2 heterocycles. The number of hydrogen-bond donors (Lipinski definition) is 3. The van der Waals surface area contributed by atoms with E-state index in [0.717, 1.165) is 48.6 Å². The third-order valence-corrected chi connectivity index (χ3v) is 4.22. The molecule has 0 saturated carbocycles. The second kappa shape index (κ2) is 7.25. The van der Waals surface area contributed by atoms with Gasteiger partial charge in [-0.2, -0.15) is 0 Å². The van der Waals surface area contributed by atoms with Gasteiger partial charge in [-0.1, -0.05) is 19.1 Å². The number of fused-ring (bicyclic) bond motifs is 1. The third-order valence-electron chi connectivity index (χ3n) is 4.22. The van der Waals surface area contributed by atoms with Crippen LogP contribution in [0, 0.1) is 0 Å². The topological polar surface area (TPSA) is 80.0 Å². The van der Waals surface area contributed by atoms with Gasteiger partial charge in [-0.25, -0.2) is 5.01 Å². The number of rotatable bonds is 6. The molecule has 0 bridgehead atoms. The molecule has 0 amide bonds. The van der Waals surface area contributed by atoms with Crippen LogP contribution < -0.4 is 20.6 Å². The van der Waals surface area contributed by atoms with E-state index in [0.29, 0.717) is 12.9 Å². The van der Waals surface area contributed by atoms with Crippen LogP contribution in [0.2, 0.25) is 6.32 Å². The van der Waals surface area contributed by atoms with E-state index >= 15 is 0 Å². The van der Waals surface area contributed by atoms with Gasteiger partial charge >= 0.3 is 7.12 Å². The summed E-state index contributed by atoms with van der Waals surface area (Å²) in [6.45, 7) is 4.25. The lowest BCUT2D eigenvalue weighted by atomic mass is 9.78. The van der Waals surface area contributed by atoms with E-state index in [4.69, 9.17) is 15.1 Å². The molecule has 0 radical (unpaired) electrons. The molecule has 0 spiro atoms. The molecule has 124 valence electrons. The third kappa shape index (κ3) is 3.63. The maximum absolute atomic E-state index is 9.75. The number of ether oxygens (including phenoxy) is 1. The molecule has 1 fully saturated rings. The molecule has 0 atom stereocenters. The van der Waals surface area contributed by atoms with E-state index in [9.17, 15) is 5.02 Å². The predicted molar refractivity (Wildman–Crippen MR) is 90.3 cm³/mol. The number of hydrogen-bond acceptors (Lipinski definition) is 6. The molecule has 6 nitrogen and oxygen atoms in total. The number of nitrogens with one attached hydrogen (secondary N) is 1. The molecule has 1 aromatic carbocycles. The van der Waals surface area contributed by atoms with Crippen LogP contribution in [0.5, 0.6) is 11.5 Å². The standard InChI is InChI=1S/C16H24BN3O3/c1-2-14-15(5-4-12-6-7-17(21)23-16(12)14)22-13-10-20(11-13)19-9-3-8-18/h3-5,9,13,19,21H,2,6-8,10-11,18H2,1H3/b9-3-. The Bertz CT molecular complexity index is 576. The molecule has 1 aromatic rings. The second-order valence-electron chi connectivity index (χ2n) is 5.91. The molecule has 23 heavy (non-hydrogen) atoms. The Hall–Kier alpha value is -1.70. The molecule has 3 rings (SSSR count). The maximum atomic E-state index is 9.75. The lowest BCUT2D eigenvalue weighted by molar-refractivity contribution is -0.00458. The Balaban J connectivity index is 1.63. The highest BCUT2D eigenvalue weighted by Gasteiger charge is 2.31. The van der Waals surface area contributed by atoms with Crippen LogP contribution in [-0.4, -0.2) is 42.9 Å². The summed E-state index contributed by atoms with van der Waals surface area (Å²) in [7, 11) is -0.708. The summed E-state index contributed by atoms with van der Waals surface area (Å²) < 4.78 is 11.8. The molecule has 0 aromatic heterocycles. The van der Waals surface area contributed by atoms with Gasteiger partial charge in [0.15, 0.2) is 0 Å². The molecule has 0 unspecified atom stereocenters. The van der Waals surface area contributed by atoms with Crippen LogP contribution in [0.25, 0.3) is 0 Å². The smallest absolute Gasteiger partial charge is 0.522 e. The van der Waals surface area contributed by atoms with Gasteiger partial charge in [-0.15, -0.1) is 0 Å². The number of hydrazine groups is 1. The predicted octanol–water partition coefficient (Wildman–Crippen LogP) is 0.704. The number of aryl methyl sites for hydroxylation is 1. The van der Waals surface area contributed by atoms with Gasteiger partial charge in [-0.3, -0.25) is 0 Å². The molecular formula is C16H24BN3O3. The van der Waals surface area contributed by atoms with Gasteiger partial charge in [-0.05, 0) is 30.8 Å². The van der Waals surface area contributed by atoms with Crippen molar-refractivity contribution in [1.82, 2.24) is 10.4 Å². The SMILES string of the molecule is CCc1c(OC2CN(N/C=C\CN)C2)ccc2c1OB(O)CC2. The first-order valence-electron chi connectivity index (χ1n) is 8.23. The van der Waals surface area contributed by atoms with E-state index < -0.39 is 7.12 Å². The first-order valence-corrected chi connectivity index (χ1v) is 8.23. The quantitative estimate of drug-likeness (QED) is 0.671. The molecule has 1 saturated heterocycles. The molecule has 2 aliphatic heterocycles. The van der Waals surface area contributed by atoms with E-state index in [1.165, 1.54) is 0 Å². The van der Waals surface area contributed by atoms with E-state index in [2.05, 4.69) is 17.4 Å². The van der Waals surface area contributed by atoms with Crippen LogP contribution in [-0.2, 0) is 12.8 Å². The first-order chi connectivity index (χ1) is 11.2. The van der Waals surface area contributed by atoms with Crippen molar-refractivity contribution < 1.29 is 14.4 Å². The highest BCUT2D eigenvalue weighted by molar-refractivity contribution is 6.44. The van der Waals surface area contributed by atoms with Gasteiger partial charge in [0.25, 0.3) is 0 Å². The van der Waals surface area contributed by atoms with Crippen molar-refractivity contribution in [3.05, 3.63) is 35.5 Å². The minimum atomic E-state index is -0.708. The zero-order valence-corrected chi connectivity index (χ0v) is 13.5. The highest BCUT2D eigenvalue weighted by Crippen LogP contribution is 2.37. The molecule has 7 heteroatoms. The zero-order chi connectivity index (χ0) is 16.2. The van der Waals surface area contributed by atoms with E-state index in [1.54, 1.807) is 0 Å². The minimum absolute atomic E-state index is 0.158. The lowest BCUT2D eigenvalue weighted by Gasteiger charge is -2.39. The average molecular weight is 317 g/mol. The molecule has 4 N–H and O–H groups in total. The first kappa shape index (κ1) is 16.2. The fourth-order valence-corrected chi connectivity index (χ4v) is 2.94. The van der Waals surface area contributed by atoms with Crippen molar-refractivity contribution in [1.29, 1.82) is 0 Å². The summed E-state index contributed by atoms with van der Waals surface area (Å²) >= 11 is 0. The summed E-state index contributed by atoms with van der Waals surface area (Å²) in [5.41, 5.74) is 10.8. The van der Waals surface area contributed by atoms with Gasteiger partial charge in [0.2, 0.25) is 0 Å². The van der Waals surface area contributed by atoms with Crippen LogP contribution in [0.3, 0.4) is 0 Å². The van der Waals surface area contributed by atoms with Crippen molar-refractivity contribution in [3.63, 3.8) is 0 Å². The number of nitrogens with two attached hydrogens (primary N) is 1. The van der Waals surface area contributed by atoms with E-state index in [1.807, 2.05) is 24.4 Å². The van der Waals surface area contributed by atoms with Gasteiger partial charge < -0.3 is 25.6 Å². The summed E-state index contributed by atoms with van der Waals surface area (Å²) in [6.07, 6.45) is 6.19. The molecule has 2 aliphatic rings. The van der Waals surface area contributed by atoms with Gasteiger partial charge in [0, 0.05) is 18.3 Å². The van der Waals surface area contributed by atoms with Crippen molar-refractivity contribution >= 4 is 7.12 Å². The average Bonchev–Trinajstić information content (AvgIpc) is 2.52. The van der Waals surface area contributed by atoms with Crippen molar-refractivity contribution in [2.75, 3.05) is 19.6 Å². The molecule has 0 aliphatic carbocycles.